The van der Waals surface area contributed by atoms with Gasteiger partial charge < -0.3 is 15.0 Å². The molecule has 1 fully saturated rings. The van der Waals surface area contributed by atoms with E-state index in [0.717, 1.165) is 35.6 Å². The summed E-state index contributed by atoms with van der Waals surface area (Å²) in [4.78, 5) is 29.4. The lowest BCUT2D eigenvalue weighted by atomic mass is 10.1. The lowest BCUT2D eigenvalue weighted by Gasteiger charge is -2.33. The van der Waals surface area contributed by atoms with E-state index in [0.29, 0.717) is 22.9 Å². The summed E-state index contributed by atoms with van der Waals surface area (Å²) in [6, 6.07) is 30.1. The third-order valence-corrected chi connectivity index (χ3v) is 10.1. The fraction of sp³-hybridized carbons (Fsp3) is 0.278. The molecule has 4 aromatic rings. The Morgan fingerprint density at radius 3 is 2.04 bits per heavy atom. The topological polar surface area (TPSA) is 96.0 Å². The molecule has 0 radical (unpaired) electrons. The zero-order chi connectivity index (χ0) is 32.5. The zero-order valence-electron chi connectivity index (χ0n) is 25.7. The first-order valence-electron chi connectivity index (χ1n) is 15.5. The molecule has 0 spiro atoms. The largest absolute Gasteiger partial charge is 0.457 e. The van der Waals surface area contributed by atoms with Crippen molar-refractivity contribution in [3.63, 3.8) is 0 Å². The van der Waals surface area contributed by atoms with Gasteiger partial charge in [0.15, 0.2) is 0 Å². The van der Waals surface area contributed by atoms with Crippen LogP contribution in [0.2, 0.25) is 5.02 Å². The van der Waals surface area contributed by atoms with Crippen LogP contribution in [0.15, 0.2) is 114 Å². The van der Waals surface area contributed by atoms with Gasteiger partial charge in [-0.1, -0.05) is 79.9 Å². The van der Waals surface area contributed by atoms with Crippen LogP contribution in [-0.4, -0.2) is 43.8 Å². The molecule has 0 bridgehead atoms. The highest BCUT2D eigenvalue weighted by Crippen LogP contribution is 2.29. The molecule has 0 aliphatic heterocycles. The maximum Gasteiger partial charge on any atom is 0.264 e. The van der Waals surface area contributed by atoms with Gasteiger partial charge in [-0.15, -0.1) is 0 Å². The van der Waals surface area contributed by atoms with Crippen LogP contribution in [-0.2, 0) is 26.2 Å². The van der Waals surface area contributed by atoms with E-state index in [1.54, 1.807) is 66.7 Å². The summed E-state index contributed by atoms with van der Waals surface area (Å²) in [7, 11) is -4.18. The van der Waals surface area contributed by atoms with Crippen LogP contribution < -0.4 is 14.4 Å². The minimum atomic E-state index is -4.18. The van der Waals surface area contributed by atoms with E-state index < -0.39 is 28.5 Å². The number of hydrogen-bond donors (Lipinski definition) is 1. The number of hydrogen-bond acceptors (Lipinski definition) is 5. The first kappa shape index (κ1) is 33.0. The fourth-order valence-electron chi connectivity index (χ4n) is 5.63. The average molecular weight is 660 g/mol. The highest BCUT2D eigenvalue weighted by atomic mass is 35.5. The van der Waals surface area contributed by atoms with Crippen LogP contribution in [0.25, 0.3) is 0 Å². The molecular formula is C36H38ClN3O5S. The molecule has 1 saturated carbocycles. The normalized spacial score (nSPS) is 14.0. The number of anilines is 1. The summed E-state index contributed by atoms with van der Waals surface area (Å²) >= 11 is 6.12. The van der Waals surface area contributed by atoms with E-state index in [4.69, 9.17) is 16.3 Å². The van der Waals surface area contributed by atoms with Gasteiger partial charge in [0.1, 0.15) is 24.1 Å². The average Bonchev–Trinajstić information content (AvgIpc) is 3.58. The number of carbonyl (C=O) groups is 2. The molecule has 1 aliphatic rings. The predicted molar refractivity (Wildman–Crippen MR) is 180 cm³/mol. The molecule has 0 saturated heterocycles. The van der Waals surface area contributed by atoms with Gasteiger partial charge in [0.2, 0.25) is 11.8 Å². The highest BCUT2D eigenvalue weighted by molar-refractivity contribution is 7.92. The molecule has 1 atom stereocenters. The summed E-state index contributed by atoms with van der Waals surface area (Å²) in [6.45, 7) is 1.44. The number of amides is 2. The number of nitrogens with zero attached hydrogens (tertiary/aromatic N) is 2. The first-order chi connectivity index (χ1) is 22.2. The molecule has 0 unspecified atom stereocenters. The van der Waals surface area contributed by atoms with Gasteiger partial charge in [0, 0.05) is 17.6 Å². The van der Waals surface area contributed by atoms with Crippen molar-refractivity contribution in [3.05, 3.63) is 120 Å². The number of nitrogens with one attached hydrogen (secondary N) is 1. The standard InChI is InChI=1S/C36H38ClN3O5S/c1-2-34(36(42)38-29-11-9-10-12-29)39(25-27-17-19-28(37)20-18-27)35(41)26-40(46(43,44)33-15-7-4-8-16-33)30-21-23-32(24-22-30)45-31-13-5-3-6-14-31/h3-8,13-24,29,34H,2,9-12,25-26H2,1H3,(H,38,42)/t34-/m0/s1. The number of carbonyl (C=O) groups excluding carboxylic acids is 2. The van der Waals surface area contributed by atoms with Crippen molar-refractivity contribution in [2.75, 3.05) is 10.8 Å². The predicted octanol–water partition coefficient (Wildman–Crippen LogP) is 7.19. The SMILES string of the molecule is CC[C@@H](C(=O)NC1CCCC1)N(Cc1ccc(Cl)cc1)C(=O)CN(c1ccc(Oc2ccccc2)cc1)S(=O)(=O)c1ccccc1. The summed E-state index contributed by atoms with van der Waals surface area (Å²) in [5.74, 6) is 0.403. The fourth-order valence-corrected chi connectivity index (χ4v) is 7.19. The number of halogens is 1. The Bertz CT molecular complexity index is 1700. The number of para-hydroxylation sites is 1. The molecule has 1 N–H and O–H groups in total. The van der Waals surface area contributed by atoms with Crippen molar-refractivity contribution >= 4 is 39.1 Å². The van der Waals surface area contributed by atoms with Gasteiger partial charge in [-0.3, -0.25) is 13.9 Å². The third kappa shape index (κ3) is 8.27. The molecule has 8 nitrogen and oxygen atoms in total. The van der Waals surface area contributed by atoms with Gasteiger partial charge in [0.25, 0.3) is 10.0 Å². The summed E-state index contributed by atoms with van der Waals surface area (Å²) in [6.07, 6.45) is 4.27. The lowest BCUT2D eigenvalue weighted by molar-refractivity contribution is -0.140. The maximum atomic E-state index is 14.3. The maximum absolute atomic E-state index is 14.3. The van der Waals surface area contributed by atoms with Gasteiger partial charge in [0.05, 0.1) is 10.6 Å². The van der Waals surface area contributed by atoms with E-state index in [1.807, 2.05) is 37.3 Å². The molecule has 46 heavy (non-hydrogen) atoms. The minimum absolute atomic E-state index is 0.0441. The second-order valence-electron chi connectivity index (χ2n) is 11.3. The van der Waals surface area contributed by atoms with Gasteiger partial charge >= 0.3 is 0 Å². The van der Waals surface area contributed by atoms with Crippen molar-refractivity contribution < 1.29 is 22.7 Å². The Labute approximate surface area is 276 Å². The third-order valence-electron chi connectivity index (χ3n) is 8.07. The van der Waals surface area contributed by atoms with Crippen LogP contribution in [0, 0.1) is 0 Å². The first-order valence-corrected chi connectivity index (χ1v) is 17.3. The van der Waals surface area contributed by atoms with Gasteiger partial charge in [-0.2, -0.15) is 0 Å². The smallest absolute Gasteiger partial charge is 0.264 e. The summed E-state index contributed by atoms with van der Waals surface area (Å²) in [5, 5.41) is 3.68. The molecule has 2 amide bonds. The van der Waals surface area contributed by atoms with Crippen molar-refractivity contribution in [1.29, 1.82) is 0 Å². The molecule has 0 aromatic heterocycles. The van der Waals surface area contributed by atoms with Crippen LogP contribution >= 0.6 is 11.6 Å². The molecule has 10 heteroatoms. The van der Waals surface area contributed by atoms with E-state index in [1.165, 1.54) is 17.0 Å². The Morgan fingerprint density at radius 2 is 1.43 bits per heavy atom. The summed E-state index contributed by atoms with van der Waals surface area (Å²) in [5.41, 5.74) is 1.05. The van der Waals surface area contributed by atoms with Crippen LogP contribution in [0.1, 0.15) is 44.6 Å². The van der Waals surface area contributed by atoms with Crippen LogP contribution in [0.4, 0.5) is 5.69 Å². The monoisotopic (exact) mass is 659 g/mol. The van der Waals surface area contributed by atoms with Crippen molar-refractivity contribution in [2.24, 2.45) is 0 Å². The Morgan fingerprint density at radius 1 is 0.848 bits per heavy atom. The molecule has 240 valence electrons. The number of sulfonamides is 1. The van der Waals surface area contributed by atoms with E-state index in [2.05, 4.69) is 5.32 Å². The Hall–Kier alpha value is -4.34. The molecule has 5 rings (SSSR count). The van der Waals surface area contributed by atoms with Crippen LogP contribution in [0.5, 0.6) is 11.5 Å². The van der Waals surface area contributed by atoms with Gasteiger partial charge in [-0.05, 0) is 85.5 Å². The number of rotatable bonds is 13. The van der Waals surface area contributed by atoms with Crippen molar-refractivity contribution in [2.45, 2.75) is 62.6 Å². The van der Waals surface area contributed by atoms with Crippen molar-refractivity contribution in [3.8, 4) is 11.5 Å². The molecule has 1 aliphatic carbocycles. The Balaban J connectivity index is 1.47. The summed E-state index contributed by atoms with van der Waals surface area (Å²) < 4.78 is 35.2. The molecular weight excluding hydrogens is 622 g/mol. The van der Waals surface area contributed by atoms with Crippen molar-refractivity contribution in [1.82, 2.24) is 10.2 Å². The highest BCUT2D eigenvalue weighted by Gasteiger charge is 2.34. The minimum Gasteiger partial charge on any atom is -0.457 e. The lowest BCUT2D eigenvalue weighted by Crippen LogP contribution is -2.53. The quantitative estimate of drug-likeness (QED) is 0.164. The second-order valence-corrected chi connectivity index (χ2v) is 13.6. The zero-order valence-corrected chi connectivity index (χ0v) is 27.3. The van der Waals surface area contributed by atoms with Crippen LogP contribution in [0.3, 0.4) is 0 Å². The van der Waals surface area contributed by atoms with E-state index in [9.17, 15) is 18.0 Å². The van der Waals surface area contributed by atoms with E-state index >= 15 is 0 Å². The second kappa shape index (κ2) is 15.3. The molecule has 4 aromatic carbocycles. The number of ether oxygens (including phenoxy) is 1. The van der Waals surface area contributed by atoms with E-state index in [-0.39, 0.29) is 29.1 Å². The Kier molecular flexibility index (Phi) is 11.0. The number of benzene rings is 4. The van der Waals surface area contributed by atoms with Gasteiger partial charge in [-0.25, -0.2) is 8.42 Å². The molecule has 0 heterocycles.